The number of hydrogen-bond acceptors (Lipinski definition) is 5. The highest BCUT2D eigenvalue weighted by Crippen LogP contribution is 2.29. The van der Waals surface area contributed by atoms with E-state index in [0.29, 0.717) is 34.4 Å². The van der Waals surface area contributed by atoms with Crippen LogP contribution >= 0.6 is 27.5 Å². The maximum atomic E-state index is 13.3. The molecule has 0 spiro atoms. The number of ether oxygens (including phenoxy) is 2. The highest BCUT2D eigenvalue weighted by atomic mass is 79.9. The van der Waals surface area contributed by atoms with Gasteiger partial charge in [0.15, 0.2) is 0 Å². The second-order valence-corrected chi connectivity index (χ2v) is 8.84. The molecular formula is C26H20BrClN2O5. The summed E-state index contributed by atoms with van der Waals surface area (Å²) >= 11 is 9.46. The van der Waals surface area contributed by atoms with Crippen molar-refractivity contribution in [1.82, 2.24) is 5.32 Å². The van der Waals surface area contributed by atoms with E-state index in [4.69, 9.17) is 21.1 Å². The number of carbonyl (C=O) groups is 3. The molecular weight excluding hydrogens is 536 g/mol. The van der Waals surface area contributed by atoms with Crippen molar-refractivity contribution >= 4 is 57.1 Å². The number of nitrogens with zero attached hydrogens (tertiary/aromatic N) is 1. The highest BCUT2D eigenvalue weighted by Gasteiger charge is 2.37. The molecule has 4 rings (SSSR count). The number of amides is 4. The van der Waals surface area contributed by atoms with Gasteiger partial charge in [0.1, 0.15) is 23.7 Å². The fourth-order valence-electron chi connectivity index (χ4n) is 3.46. The Balaban J connectivity index is 1.64. The molecule has 1 heterocycles. The van der Waals surface area contributed by atoms with Gasteiger partial charge in [-0.15, -0.1) is 0 Å². The number of benzene rings is 3. The van der Waals surface area contributed by atoms with Gasteiger partial charge in [-0.2, -0.15) is 0 Å². The van der Waals surface area contributed by atoms with E-state index in [-0.39, 0.29) is 12.2 Å². The summed E-state index contributed by atoms with van der Waals surface area (Å²) in [4.78, 5) is 39.3. The summed E-state index contributed by atoms with van der Waals surface area (Å²) < 4.78 is 12.1. The van der Waals surface area contributed by atoms with Gasteiger partial charge in [0.2, 0.25) is 0 Å². The molecule has 1 N–H and O–H groups in total. The molecule has 178 valence electrons. The van der Waals surface area contributed by atoms with Crippen LogP contribution in [0.25, 0.3) is 6.08 Å². The summed E-state index contributed by atoms with van der Waals surface area (Å²) in [5.41, 5.74) is 1.45. The molecule has 3 aromatic carbocycles. The lowest BCUT2D eigenvalue weighted by Gasteiger charge is -2.26. The standard InChI is InChI=1S/C26H20BrClN2O5/c1-2-34-21-9-7-20(8-10-21)30-25(32)22(24(31)29-26(30)33)14-17-13-18(27)6-11-23(17)35-15-16-4-3-5-19(28)12-16/h3-14H,2,15H2,1H3,(H,29,31,33)/b22-14+. The summed E-state index contributed by atoms with van der Waals surface area (Å²) in [6, 6.07) is 18.1. The first kappa shape index (κ1) is 24.5. The molecule has 0 saturated carbocycles. The van der Waals surface area contributed by atoms with Gasteiger partial charge in [0, 0.05) is 15.1 Å². The summed E-state index contributed by atoms with van der Waals surface area (Å²) in [7, 11) is 0. The zero-order chi connectivity index (χ0) is 24.9. The third-order valence-corrected chi connectivity index (χ3v) is 5.79. The fourth-order valence-corrected chi connectivity index (χ4v) is 4.05. The van der Waals surface area contributed by atoms with E-state index in [1.165, 1.54) is 6.08 Å². The Morgan fingerprint density at radius 3 is 2.49 bits per heavy atom. The van der Waals surface area contributed by atoms with Crippen molar-refractivity contribution in [3.8, 4) is 11.5 Å². The molecule has 9 heteroatoms. The van der Waals surface area contributed by atoms with Gasteiger partial charge in [0.25, 0.3) is 11.8 Å². The van der Waals surface area contributed by atoms with Crippen LogP contribution in [0.4, 0.5) is 10.5 Å². The Labute approximate surface area is 215 Å². The van der Waals surface area contributed by atoms with E-state index in [0.717, 1.165) is 14.9 Å². The number of carbonyl (C=O) groups excluding carboxylic acids is 3. The summed E-state index contributed by atoms with van der Waals surface area (Å²) in [6.07, 6.45) is 1.41. The smallest absolute Gasteiger partial charge is 0.335 e. The molecule has 1 aliphatic rings. The molecule has 0 radical (unpaired) electrons. The van der Waals surface area contributed by atoms with Crippen molar-refractivity contribution in [3.05, 3.63) is 92.9 Å². The molecule has 4 amide bonds. The largest absolute Gasteiger partial charge is 0.494 e. The van der Waals surface area contributed by atoms with Crippen molar-refractivity contribution in [2.75, 3.05) is 11.5 Å². The molecule has 1 saturated heterocycles. The maximum absolute atomic E-state index is 13.3. The van der Waals surface area contributed by atoms with Gasteiger partial charge in [-0.25, -0.2) is 9.69 Å². The van der Waals surface area contributed by atoms with E-state index in [1.807, 2.05) is 19.1 Å². The zero-order valence-corrected chi connectivity index (χ0v) is 20.9. The predicted octanol–water partition coefficient (Wildman–Crippen LogP) is 5.75. The molecule has 1 aliphatic heterocycles. The fraction of sp³-hybridized carbons (Fsp3) is 0.115. The SMILES string of the molecule is CCOc1ccc(N2C(=O)NC(=O)/C(=C\c3cc(Br)ccc3OCc3cccc(Cl)c3)C2=O)cc1. The van der Waals surface area contributed by atoms with Gasteiger partial charge in [-0.05, 0) is 73.2 Å². The lowest BCUT2D eigenvalue weighted by molar-refractivity contribution is -0.122. The number of imide groups is 2. The van der Waals surface area contributed by atoms with E-state index < -0.39 is 17.8 Å². The second-order valence-electron chi connectivity index (χ2n) is 7.49. The summed E-state index contributed by atoms with van der Waals surface area (Å²) in [6.45, 7) is 2.57. The lowest BCUT2D eigenvalue weighted by Crippen LogP contribution is -2.54. The first-order chi connectivity index (χ1) is 16.9. The Bertz CT molecular complexity index is 1320. The molecule has 3 aromatic rings. The number of nitrogens with one attached hydrogen (secondary N) is 1. The zero-order valence-electron chi connectivity index (χ0n) is 18.6. The Kier molecular flexibility index (Phi) is 7.53. The third kappa shape index (κ3) is 5.72. The first-order valence-corrected chi connectivity index (χ1v) is 11.8. The average Bonchev–Trinajstić information content (AvgIpc) is 2.82. The van der Waals surface area contributed by atoms with Gasteiger partial charge in [-0.1, -0.05) is 39.7 Å². The Morgan fingerprint density at radius 2 is 1.77 bits per heavy atom. The topological polar surface area (TPSA) is 84.9 Å². The number of urea groups is 1. The van der Waals surface area contributed by atoms with Crippen LogP contribution in [-0.2, 0) is 16.2 Å². The number of rotatable bonds is 7. The van der Waals surface area contributed by atoms with E-state index in [1.54, 1.807) is 54.6 Å². The van der Waals surface area contributed by atoms with Crippen molar-refractivity contribution in [1.29, 1.82) is 0 Å². The van der Waals surface area contributed by atoms with Crippen LogP contribution in [0.3, 0.4) is 0 Å². The summed E-state index contributed by atoms with van der Waals surface area (Å²) in [5, 5.41) is 2.82. The molecule has 0 aliphatic carbocycles. The first-order valence-electron chi connectivity index (χ1n) is 10.7. The van der Waals surface area contributed by atoms with Crippen LogP contribution in [0.2, 0.25) is 5.02 Å². The van der Waals surface area contributed by atoms with Gasteiger partial charge >= 0.3 is 6.03 Å². The second kappa shape index (κ2) is 10.8. The van der Waals surface area contributed by atoms with E-state index >= 15 is 0 Å². The monoisotopic (exact) mass is 554 g/mol. The molecule has 0 aromatic heterocycles. The minimum absolute atomic E-state index is 0.204. The number of hydrogen-bond donors (Lipinski definition) is 1. The molecule has 0 atom stereocenters. The predicted molar refractivity (Wildman–Crippen MR) is 137 cm³/mol. The van der Waals surface area contributed by atoms with Crippen molar-refractivity contribution in [2.45, 2.75) is 13.5 Å². The Morgan fingerprint density at radius 1 is 1.00 bits per heavy atom. The van der Waals surface area contributed by atoms with E-state index in [2.05, 4.69) is 21.2 Å². The van der Waals surface area contributed by atoms with E-state index in [9.17, 15) is 14.4 Å². The Hall–Kier alpha value is -3.62. The molecule has 35 heavy (non-hydrogen) atoms. The van der Waals surface area contributed by atoms with Gasteiger partial charge in [0.05, 0.1) is 12.3 Å². The molecule has 0 unspecified atom stereocenters. The van der Waals surface area contributed by atoms with Crippen LogP contribution in [0.5, 0.6) is 11.5 Å². The number of anilines is 1. The lowest BCUT2D eigenvalue weighted by atomic mass is 10.1. The average molecular weight is 556 g/mol. The van der Waals surface area contributed by atoms with Crippen molar-refractivity contribution in [2.24, 2.45) is 0 Å². The highest BCUT2D eigenvalue weighted by molar-refractivity contribution is 9.10. The normalized spacial score (nSPS) is 14.8. The third-order valence-electron chi connectivity index (χ3n) is 5.06. The number of halogens is 2. The summed E-state index contributed by atoms with van der Waals surface area (Å²) in [5.74, 6) is -0.485. The van der Waals surface area contributed by atoms with Crippen LogP contribution in [0.1, 0.15) is 18.1 Å². The maximum Gasteiger partial charge on any atom is 0.335 e. The van der Waals surface area contributed by atoms with Crippen molar-refractivity contribution in [3.63, 3.8) is 0 Å². The molecule has 1 fully saturated rings. The quantitative estimate of drug-likeness (QED) is 0.297. The minimum atomic E-state index is -0.826. The van der Waals surface area contributed by atoms with Crippen LogP contribution in [-0.4, -0.2) is 24.5 Å². The van der Waals surface area contributed by atoms with Gasteiger partial charge < -0.3 is 9.47 Å². The van der Waals surface area contributed by atoms with Crippen molar-refractivity contribution < 1.29 is 23.9 Å². The molecule has 7 nitrogen and oxygen atoms in total. The van der Waals surface area contributed by atoms with Crippen LogP contribution in [0.15, 0.2) is 76.8 Å². The van der Waals surface area contributed by atoms with Gasteiger partial charge in [-0.3, -0.25) is 14.9 Å². The minimum Gasteiger partial charge on any atom is -0.494 e. The van der Waals surface area contributed by atoms with Crippen LogP contribution in [0, 0.1) is 0 Å². The van der Waals surface area contributed by atoms with Crippen LogP contribution < -0.4 is 19.7 Å². The number of barbiturate groups is 1. The molecule has 0 bridgehead atoms.